The molecule has 0 amide bonds. The Morgan fingerprint density at radius 2 is 0.517 bits per heavy atom. The lowest BCUT2D eigenvalue weighted by atomic mass is 9.99. The van der Waals surface area contributed by atoms with Crippen LogP contribution in [0, 0.1) is 0 Å². The van der Waals surface area contributed by atoms with Gasteiger partial charge < -0.3 is 9.80 Å². The van der Waals surface area contributed by atoms with Crippen LogP contribution < -0.4 is 9.80 Å². The van der Waals surface area contributed by atoms with Crippen molar-refractivity contribution in [1.82, 2.24) is 0 Å². The molecule has 0 radical (unpaired) electrons. The van der Waals surface area contributed by atoms with Crippen molar-refractivity contribution in [1.29, 1.82) is 0 Å². The zero-order valence-corrected chi connectivity index (χ0v) is 33.7. The van der Waals surface area contributed by atoms with Crippen LogP contribution in [0.1, 0.15) is 50.7 Å². The summed E-state index contributed by atoms with van der Waals surface area (Å²) in [5.74, 6) is 0.968. The van der Waals surface area contributed by atoms with Gasteiger partial charge in [-0.15, -0.1) is 0 Å². The minimum Gasteiger partial charge on any atom is -0.310 e. The Labute approximate surface area is 343 Å². The number of rotatable bonds is 10. The summed E-state index contributed by atoms with van der Waals surface area (Å²) in [4.78, 5) is 4.71. The van der Waals surface area contributed by atoms with Crippen LogP contribution in [0.3, 0.4) is 0 Å². The van der Waals surface area contributed by atoms with E-state index in [0.29, 0.717) is 11.8 Å². The van der Waals surface area contributed by atoms with Crippen LogP contribution >= 0.6 is 0 Å². The molecule has 0 aliphatic rings. The largest absolute Gasteiger partial charge is 0.310 e. The third kappa shape index (κ3) is 7.50. The zero-order chi connectivity index (χ0) is 39.6. The molecule has 0 heterocycles. The second-order valence-electron chi connectivity index (χ2n) is 15.9. The van der Waals surface area contributed by atoms with Gasteiger partial charge >= 0.3 is 0 Å². The molecule has 0 fully saturated rings. The Morgan fingerprint density at radius 3 is 0.828 bits per heavy atom. The van der Waals surface area contributed by atoms with Gasteiger partial charge in [0.05, 0.1) is 0 Å². The molecular formula is C56H48N2. The molecule has 0 N–H and O–H groups in total. The minimum absolute atomic E-state index is 0.484. The fourth-order valence-electron chi connectivity index (χ4n) is 8.00. The molecule has 282 valence electrons. The summed E-state index contributed by atoms with van der Waals surface area (Å²) in [5, 5.41) is 4.94. The second kappa shape index (κ2) is 15.9. The van der Waals surface area contributed by atoms with Gasteiger partial charge in [0.15, 0.2) is 0 Å². The number of hydrogen-bond acceptors (Lipinski definition) is 2. The van der Waals surface area contributed by atoms with E-state index in [0.717, 1.165) is 34.1 Å². The van der Waals surface area contributed by atoms with Gasteiger partial charge in [-0.05, 0) is 140 Å². The number of anilines is 6. The molecule has 0 aliphatic carbocycles. The highest BCUT2D eigenvalue weighted by molar-refractivity contribution is 5.91. The normalized spacial score (nSPS) is 11.4. The lowest BCUT2D eigenvalue weighted by Crippen LogP contribution is -2.10. The Hall–Kier alpha value is -6.90. The standard InChI is InChI=1S/C56H48N2/c1-39(2)41-17-27-51(28-18-41)57(55-35-25-43-9-5-7-11-49(43)37-55)53-31-21-47(22-32-53)45-13-15-46(16-14-45)48-23-33-54(34-24-48)58(52-29-19-42(20-30-52)40(3)4)56-36-26-44-10-6-8-12-50(44)38-56/h5-40H,1-4H3. The van der Waals surface area contributed by atoms with E-state index in [9.17, 15) is 0 Å². The van der Waals surface area contributed by atoms with Crippen molar-refractivity contribution in [3.8, 4) is 22.3 Å². The number of nitrogens with zero attached hydrogens (tertiary/aromatic N) is 2. The van der Waals surface area contributed by atoms with E-state index in [1.54, 1.807) is 0 Å². The Bertz CT molecular complexity index is 2600. The molecule has 0 aliphatic heterocycles. The third-order valence-electron chi connectivity index (χ3n) is 11.4. The van der Waals surface area contributed by atoms with E-state index in [-0.39, 0.29) is 0 Å². The molecular weight excluding hydrogens is 701 g/mol. The van der Waals surface area contributed by atoms with Gasteiger partial charge in [-0.2, -0.15) is 0 Å². The third-order valence-corrected chi connectivity index (χ3v) is 11.4. The van der Waals surface area contributed by atoms with Crippen molar-refractivity contribution in [2.24, 2.45) is 0 Å². The average molecular weight is 749 g/mol. The highest BCUT2D eigenvalue weighted by Gasteiger charge is 2.16. The molecule has 9 rings (SSSR count). The quantitative estimate of drug-likeness (QED) is 0.137. The van der Waals surface area contributed by atoms with Gasteiger partial charge in [-0.25, -0.2) is 0 Å². The van der Waals surface area contributed by atoms with Crippen LogP contribution in [-0.2, 0) is 0 Å². The topological polar surface area (TPSA) is 6.48 Å². The SMILES string of the molecule is CC(C)c1ccc(N(c2ccc(-c3ccc(-c4ccc(N(c5ccc(C(C)C)cc5)c5ccc6ccccc6c5)cc4)cc3)cc2)c2ccc3ccccc3c2)cc1. The predicted molar refractivity (Wildman–Crippen MR) is 250 cm³/mol. The van der Waals surface area contributed by atoms with E-state index in [1.807, 2.05) is 0 Å². The summed E-state index contributed by atoms with van der Waals surface area (Å²) in [6, 6.07) is 75.5. The van der Waals surface area contributed by atoms with E-state index in [4.69, 9.17) is 0 Å². The fraction of sp³-hybridized carbons (Fsp3) is 0.107. The van der Waals surface area contributed by atoms with Crippen molar-refractivity contribution >= 4 is 55.7 Å². The maximum atomic E-state index is 2.36. The van der Waals surface area contributed by atoms with Crippen molar-refractivity contribution in [2.75, 3.05) is 9.80 Å². The highest BCUT2D eigenvalue weighted by Crippen LogP contribution is 2.40. The first kappa shape index (κ1) is 36.7. The van der Waals surface area contributed by atoms with E-state index in [1.165, 1.54) is 54.9 Å². The maximum Gasteiger partial charge on any atom is 0.0468 e. The van der Waals surface area contributed by atoms with Crippen LogP contribution in [0.5, 0.6) is 0 Å². The van der Waals surface area contributed by atoms with E-state index < -0.39 is 0 Å². The Balaban J connectivity index is 0.985. The molecule has 9 aromatic carbocycles. The van der Waals surface area contributed by atoms with Gasteiger partial charge in [0.25, 0.3) is 0 Å². The van der Waals surface area contributed by atoms with Crippen LogP contribution in [0.25, 0.3) is 43.8 Å². The van der Waals surface area contributed by atoms with Crippen molar-refractivity contribution in [2.45, 2.75) is 39.5 Å². The van der Waals surface area contributed by atoms with Gasteiger partial charge in [-0.1, -0.05) is 161 Å². The highest BCUT2D eigenvalue weighted by atomic mass is 15.1. The first-order valence-electron chi connectivity index (χ1n) is 20.5. The summed E-state index contributed by atoms with van der Waals surface area (Å²) in [5.41, 5.74) is 14.3. The summed E-state index contributed by atoms with van der Waals surface area (Å²) in [6.45, 7) is 8.97. The molecule has 0 aromatic heterocycles. The molecule has 2 heteroatoms. The molecule has 9 aromatic rings. The van der Waals surface area contributed by atoms with Crippen LogP contribution in [0.2, 0.25) is 0 Å². The maximum absolute atomic E-state index is 2.36. The summed E-state index contributed by atoms with van der Waals surface area (Å²) >= 11 is 0. The van der Waals surface area contributed by atoms with E-state index in [2.05, 4.69) is 244 Å². The Morgan fingerprint density at radius 1 is 0.259 bits per heavy atom. The molecule has 0 atom stereocenters. The lowest BCUT2D eigenvalue weighted by molar-refractivity contribution is 0.866. The second-order valence-corrected chi connectivity index (χ2v) is 15.9. The van der Waals surface area contributed by atoms with Crippen molar-refractivity contribution in [3.63, 3.8) is 0 Å². The molecule has 2 nitrogen and oxygen atoms in total. The smallest absolute Gasteiger partial charge is 0.0468 e. The lowest BCUT2D eigenvalue weighted by Gasteiger charge is -2.26. The molecule has 58 heavy (non-hydrogen) atoms. The van der Waals surface area contributed by atoms with Crippen molar-refractivity contribution < 1.29 is 0 Å². The monoisotopic (exact) mass is 748 g/mol. The number of hydrogen-bond donors (Lipinski definition) is 0. The van der Waals surface area contributed by atoms with Gasteiger partial charge in [-0.3, -0.25) is 0 Å². The first-order valence-corrected chi connectivity index (χ1v) is 20.5. The first-order chi connectivity index (χ1) is 28.4. The van der Waals surface area contributed by atoms with Gasteiger partial charge in [0.1, 0.15) is 0 Å². The van der Waals surface area contributed by atoms with Crippen LogP contribution in [0.4, 0.5) is 34.1 Å². The molecule has 0 bridgehead atoms. The van der Waals surface area contributed by atoms with Gasteiger partial charge in [0, 0.05) is 34.1 Å². The number of fused-ring (bicyclic) bond motifs is 2. The summed E-state index contributed by atoms with van der Waals surface area (Å²) in [6.07, 6.45) is 0. The minimum atomic E-state index is 0.484. The van der Waals surface area contributed by atoms with Gasteiger partial charge in [0.2, 0.25) is 0 Å². The fourth-order valence-corrected chi connectivity index (χ4v) is 8.00. The molecule has 0 saturated carbocycles. The molecule has 0 spiro atoms. The number of benzene rings is 9. The molecule has 0 saturated heterocycles. The van der Waals surface area contributed by atoms with Crippen LogP contribution in [0.15, 0.2) is 206 Å². The van der Waals surface area contributed by atoms with Crippen molar-refractivity contribution in [3.05, 3.63) is 217 Å². The zero-order valence-electron chi connectivity index (χ0n) is 33.7. The van der Waals surface area contributed by atoms with Crippen LogP contribution in [-0.4, -0.2) is 0 Å². The summed E-state index contributed by atoms with van der Waals surface area (Å²) < 4.78 is 0. The Kier molecular flexibility index (Phi) is 10.1. The van der Waals surface area contributed by atoms with E-state index >= 15 is 0 Å². The molecule has 0 unspecified atom stereocenters. The average Bonchev–Trinajstić information content (AvgIpc) is 3.27. The predicted octanol–water partition coefficient (Wildman–Crippen LogP) is 16.5. The summed E-state index contributed by atoms with van der Waals surface area (Å²) in [7, 11) is 0.